The minimum Gasteiger partial charge on any atom is -0.387 e. The molecule has 2 rings (SSSR count). The zero-order valence-corrected chi connectivity index (χ0v) is 8.90. The van der Waals surface area contributed by atoms with Gasteiger partial charge in [0.1, 0.15) is 4.99 Å². The quantitative estimate of drug-likeness (QED) is 0.749. The molecule has 0 aliphatic rings. The summed E-state index contributed by atoms with van der Waals surface area (Å²) in [4.78, 5) is 12.6. The number of aromatic nitrogens is 4. The lowest BCUT2D eigenvalue weighted by atomic mass is 10.4. The summed E-state index contributed by atoms with van der Waals surface area (Å²) in [6.07, 6.45) is 6.79. The van der Waals surface area contributed by atoms with Crippen LogP contribution in [-0.2, 0) is 0 Å². The zero-order valence-electron chi connectivity index (χ0n) is 8.08. The molecule has 0 aliphatic heterocycles. The van der Waals surface area contributed by atoms with Gasteiger partial charge in [0.2, 0.25) is 5.95 Å². The summed E-state index contributed by atoms with van der Waals surface area (Å²) in [5.74, 6) is 1.01. The van der Waals surface area contributed by atoms with Crippen molar-refractivity contribution in [3.05, 3.63) is 36.2 Å². The van der Waals surface area contributed by atoms with Crippen LogP contribution in [0.2, 0.25) is 0 Å². The van der Waals surface area contributed by atoms with Crippen molar-refractivity contribution in [1.82, 2.24) is 19.5 Å². The maximum absolute atomic E-state index is 5.52. The third-order valence-corrected chi connectivity index (χ3v) is 2.03. The standard InChI is InChI=1S/C9H9N5S/c1-6-4-12-9(13-5-6)14-3-2-11-8(14)7(10)15/h2-5H,1H3,(H2,10,15). The Morgan fingerprint density at radius 2 is 2.00 bits per heavy atom. The number of thiocarbonyl (C=S) groups is 1. The van der Waals surface area contributed by atoms with E-state index in [-0.39, 0.29) is 4.99 Å². The fourth-order valence-corrected chi connectivity index (χ4v) is 1.31. The summed E-state index contributed by atoms with van der Waals surface area (Å²) in [5.41, 5.74) is 6.51. The average Bonchev–Trinajstić information content (AvgIpc) is 2.67. The van der Waals surface area contributed by atoms with Crippen LogP contribution >= 0.6 is 12.2 Å². The van der Waals surface area contributed by atoms with Gasteiger partial charge in [0, 0.05) is 24.8 Å². The van der Waals surface area contributed by atoms with Gasteiger partial charge in [-0.1, -0.05) is 12.2 Å². The number of hydrogen-bond acceptors (Lipinski definition) is 4. The highest BCUT2D eigenvalue weighted by molar-refractivity contribution is 7.80. The van der Waals surface area contributed by atoms with E-state index in [1.54, 1.807) is 29.4 Å². The Bertz CT molecular complexity index is 487. The van der Waals surface area contributed by atoms with Crippen LogP contribution in [0.1, 0.15) is 11.4 Å². The third kappa shape index (κ3) is 1.84. The highest BCUT2D eigenvalue weighted by atomic mass is 32.1. The minimum absolute atomic E-state index is 0.226. The molecule has 15 heavy (non-hydrogen) atoms. The van der Waals surface area contributed by atoms with E-state index in [4.69, 9.17) is 18.0 Å². The predicted octanol–water partition coefficient (Wildman–Crippen LogP) is 0.605. The van der Waals surface area contributed by atoms with Gasteiger partial charge in [-0.15, -0.1) is 0 Å². The van der Waals surface area contributed by atoms with E-state index in [9.17, 15) is 0 Å². The molecule has 0 spiro atoms. The summed E-state index contributed by atoms with van der Waals surface area (Å²) in [7, 11) is 0. The van der Waals surface area contributed by atoms with Crippen molar-refractivity contribution in [3.63, 3.8) is 0 Å². The smallest absolute Gasteiger partial charge is 0.235 e. The second-order valence-corrected chi connectivity index (χ2v) is 3.49. The second kappa shape index (κ2) is 3.74. The molecule has 5 nitrogen and oxygen atoms in total. The molecule has 2 heterocycles. The Morgan fingerprint density at radius 1 is 1.33 bits per heavy atom. The van der Waals surface area contributed by atoms with Crippen molar-refractivity contribution < 1.29 is 0 Å². The zero-order chi connectivity index (χ0) is 10.8. The fourth-order valence-electron chi connectivity index (χ4n) is 1.16. The van der Waals surface area contributed by atoms with Crippen LogP contribution in [0.5, 0.6) is 0 Å². The van der Waals surface area contributed by atoms with Gasteiger partial charge in [0.15, 0.2) is 5.82 Å². The summed E-state index contributed by atoms with van der Waals surface area (Å²) < 4.78 is 1.65. The Balaban J connectivity index is 2.49. The molecule has 0 atom stereocenters. The van der Waals surface area contributed by atoms with Gasteiger partial charge in [0.05, 0.1) is 0 Å². The number of nitrogens with two attached hydrogens (primary N) is 1. The van der Waals surface area contributed by atoms with Gasteiger partial charge in [0.25, 0.3) is 0 Å². The average molecular weight is 219 g/mol. The van der Waals surface area contributed by atoms with Crippen LogP contribution in [-0.4, -0.2) is 24.5 Å². The second-order valence-electron chi connectivity index (χ2n) is 3.05. The first-order valence-electron chi connectivity index (χ1n) is 4.30. The highest BCUT2D eigenvalue weighted by Gasteiger charge is 2.08. The molecule has 0 fully saturated rings. The molecule has 0 radical (unpaired) electrons. The number of hydrogen-bond donors (Lipinski definition) is 1. The largest absolute Gasteiger partial charge is 0.387 e. The van der Waals surface area contributed by atoms with E-state index in [1.807, 2.05) is 6.92 Å². The molecule has 0 amide bonds. The van der Waals surface area contributed by atoms with Crippen LogP contribution in [0, 0.1) is 6.92 Å². The molecule has 2 aromatic heterocycles. The number of imidazole rings is 1. The first-order valence-corrected chi connectivity index (χ1v) is 4.71. The fraction of sp³-hybridized carbons (Fsp3) is 0.111. The van der Waals surface area contributed by atoms with Gasteiger partial charge in [-0.3, -0.25) is 4.57 Å². The van der Waals surface area contributed by atoms with Crippen molar-refractivity contribution >= 4 is 17.2 Å². The van der Waals surface area contributed by atoms with Crippen LogP contribution in [0.25, 0.3) is 5.95 Å². The lowest BCUT2D eigenvalue weighted by molar-refractivity contribution is 0.908. The van der Waals surface area contributed by atoms with E-state index in [1.165, 1.54) is 0 Å². The van der Waals surface area contributed by atoms with Crippen LogP contribution in [0.4, 0.5) is 0 Å². The number of nitrogens with zero attached hydrogens (tertiary/aromatic N) is 4. The van der Waals surface area contributed by atoms with Gasteiger partial charge < -0.3 is 5.73 Å². The third-order valence-electron chi connectivity index (χ3n) is 1.84. The SMILES string of the molecule is Cc1cnc(-n2ccnc2C(N)=S)nc1. The highest BCUT2D eigenvalue weighted by Crippen LogP contribution is 2.05. The van der Waals surface area contributed by atoms with Gasteiger partial charge in [-0.05, 0) is 12.5 Å². The van der Waals surface area contributed by atoms with Gasteiger partial charge >= 0.3 is 0 Å². The molecule has 0 bridgehead atoms. The molecule has 0 aliphatic carbocycles. The van der Waals surface area contributed by atoms with Crippen molar-refractivity contribution in [2.75, 3.05) is 0 Å². The molecule has 76 valence electrons. The molecular formula is C9H9N5S. The molecule has 6 heteroatoms. The summed E-state index contributed by atoms with van der Waals surface area (Å²) >= 11 is 4.87. The molecule has 2 aromatic rings. The molecular weight excluding hydrogens is 210 g/mol. The number of aryl methyl sites for hydroxylation is 1. The monoisotopic (exact) mass is 219 g/mol. The maximum atomic E-state index is 5.52. The van der Waals surface area contributed by atoms with E-state index < -0.39 is 0 Å². The lowest BCUT2D eigenvalue weighted by Gasteiger charge is -2.03. The Morgan fingerprint density at radius 3 is 2.60 bits per heavy atom. The van der Waals surface area contributed by atoms with E-state index in [0.717, 1.165) is 5.56 Å². The van der Waals surface area contributed by atoms with Crippen molar-refractivity contribution in [1.29, 1.82) is 0 Å². The first-order chi connectivity index (χ1) is 7.18. The summed E-state index contributed by atoms with van der Waals surface area (Å²) in [6.45, 7) is 1.92. The predicted molar refractivity (Wildman–Crippen MR) is 59.8 cm³/mol. The summed E-state index contributed by atoms with van der Waals surface area (Å²) in [5, 5.41) is 0. The first kappa shape index (κ1) is 9.72. The molecule has 0 aromatic carbocycles. The Hall–Kier alpha value is -1.82. The topological polar surface area (TPSA) is 69.6 Å². The molecule has 0 saturated heterocycles. The van der Waals surface area contributed by atoms with Crippen LogP contribution in [0.15, 0.2) is 24.8 Å². The maximum Gasteiger partial charge on any atom is 0.235 e. The van der Waals surface area contributed by atoms with Gasteiger partial charge in [-0.2, -0.15) is 0 Å². The Labute approximate surface area is 92.0 Å². The van der Waals surface area contributed by atoms with Crippen LogP contribution < -0.4 is 5.73 Å². The van der Waals surface area contributed by atoms with Crippen molar-refractivity contribution in [2.24, 2.45) is 5.73 Å². The summed E-state index contributed by atoms with van der Waals surface area (Å²) in [6, 6.07) is 0. The van der Waals surface area contributed by atoms with E-state index in [2.05, 4.69) is 15.0 Å². The van der Waals surface area contributed by atoms with Crippen molar-refractivity contribution in [2.45, 2.75) is 6.92 Å². The molecule has 0 saturated carbocycles. The number of rotatable bonds is 2. The minimum atomic E-state index is 0.226. The van der Waals surface area contributed by atoms with Crippen molar-refractivity contribution in [3.8, 4) is 5.95 Å². The van der Waals surface area contributed by atoms with Gasteiger partial charge in [-0.25, -0.2) is 15.0 Å². The van der Waals surface area contributed by atoms with E-state index >= 15 is 0 Å². The normalized spacial score (nSPS) is 10.2. The molecule has 2 N–H and O–H groups in total. The Kier molecular flexibility index (Phi) is 2.42. The van der Waals surface area contributed by atoms with E-state index in [0.29, 0.717) is 11.8 Å². The molecule has 0 unspecified atom stereocenters. The van der Waals surface area contributed by atoms with Crippen LogP contribution in [0.3, 0.4) is 0 Å². The lowest BCUT2D eigenvalue weighted by Crippen LogP contribution is -2.17.